The molecule has 12 heteroatoms. The Morgan fingerprint density at radius 3 is 2.52 bits per heavy atom. The van der Waals surface area contributed by atoms with E-state index in [0.717, 1.165) is 45.4 Å². The highest BCUT2D eigenvalue weighted by atomic mass is 35.5. The average Bonchev–Trinajstić information content (AvgIpc) is 2.99. The van der Waals surface area contributed by atoms with Crippen LogP contribution in [0.25, 0.3) is 17.0 Å². The lowest BCUT2D eigenvalue weighted by Gasteiger charge is -2.11. The van der Waals surface area contributed by atoms with Crippen molar-refractivity contribution in [2.75, 3.05) is 26.0 Å². The Morgan fingerprint density at radius 2 is 1.77 bits per heavy atom. The van der Waals surface area contributed by atoms with Gasteiger partial charge in [0, 0.05) is 36.6 Å². The zero-order valence-corrected chi connectivity index (χ0v) is 24.6. The van der Waals surface area contributed by atoms with Crippen LogP contribution in [-0.4, -0.2) is 51.0 Å². The molecule has 2 N–H and O–H groups in total. The van der Waals surface area contributed by atoms with Crippen molar-refractivity contribution < 1.29 is 13.6 Å². The number of carbonyl (C=O) groups excluding carboxylic acids is 1. The molecule has 0 bridgehead atoms. The van der Waals surface area contributed by atoms with E-state index in [-0.39, 0.29) is 18.2 Å². The molecule has 5 aromatic rings. The van der Waals surface area contributed by atoms with Crippen LogP contribution in [0.4, 0.5) is 20.4 Å². The molecule has 2 aromatic heterocycles. The molecule has 224 valence electrons. The van der Waals surface area contributed by atoms with E-state index in [4.69, 9.17) is 11.6 Å². The predicted molar refractivity (Wildman–Crippen MR) is 167 cm³/mol. The van der Waals surface area contributed by atoms with Gasteiger partial charge in [0.2, 0.25) is 5.95 Å². The minimum atomic E-state index is -1.04. The Morgan fingerprint density at radius 1 is 1.00 bits per heavy atom. The summed E-state index contributed by atoms with van der Waals surface area (Å²) in [6.45, 7) is 0.854. The van der Waals surface area contributed by atoms with E-state index in [1.54, 1.807) is 12.3 Å². The smallest absolute Gasteiger partial charge is 0.282 e. The number of halogens is 3. The lowest BCUT2D eigenvalue weighted by molar-refractivity contribution is 0.0950. The second-order valence-electron chi connectivity index (χ2n) is 10.3. The monoisotopic (exact) mass is 615 g/mol. The van der Waals surface area contributed by atoms with Crippen molar-refractivity contribution in [2.24, 2.45) is 0 Å². The molecule has 0 saturated heterocycles. The highest BCUT2D eigenvalue weighted by Crippen LogP contribution is 2.19. The van der Waals surface area contributed by atoms with E-state index < -0.39 is 28.8 Å². The normalized spacial score (nSPS) is 11.4. The minimum Gasteiger partial charge on any atom is -0.347 e. The summed E-state index contributed by atoms with van der Waals surface area (Å²) in [5.74, 6) is -2.28. The third-order valence-corrected chi connectivity index (χ3v) is 6.68. The number of nitrogens with zero attached hydrogens (tertiary/aromatic N) is 5. The number of carbonyl (C=O) groups is 1. The largest absolute Gasteiger partial charge is 0.347 e. The number of amides is 1. The summed E-state index contributed by atoms with van der Waals surface area (Å²) in [6, 6.07) is 17.1. The molecule has 5 rings (SSSR count). The molecule has 0 atom stereocenters. The summed E-state index contributed by atoms with van der Waals surface area (Å²) in [4.78, 5) is 40.6. The number of fused-ring (bicyclic) bond motifs is 1. The fraction of sp³-hybridized carbons (Fsp3) is 0.156. The molecule has 3 aromatic carbocycles. The van der Waals surface area contributed by atoms with E-state index in [0.29, 0.717) is 11.5 Å². The summed E-state index contributed by atoms with van der Waals surface area (Å²) in [5.41, 5.74) is 2.92. The number of benzene rings is 3. The van der Waals surface area contributed by atoms with Gasteiger partial charge < -0.3 is 20.1 Å². The van der Waals surface area contributed by atoms with Crippen LogP contribution in [0.5, 0.6) is 0 Å². The molecule has 44 heavy (non-hydrogen) atoms. The van der Waals surface area contributed by atoms with Gasteiger partial charge in [-0.15, -0.1) is 0 Å². The van der Waals surface area contributed by atoms with Crippen LogP contribution in [-0.2, 0) is 13.1 Å². The van der Waals surface area contributed by atoms with Crippen molar-refractivity contribution in [3.8, 4) is 0 Å². The molecule has 0 unspecified atom stereocenters. The number of aromatic nitrogens is 4. The number of nitrogens with one attached hydrogen (secondary N) is 2. The van der Waals surface area contributed by atoms with Crippen LogP contribution in [0.15, 0.2) is 83.9 Å². The van der Waals surface area contributed by atoms with Gasteiger partial charge in [-0.25, -0.2) is 23.7 Å². The zero-order chi connectivity index (χ0) is 31.2. The third kappa shape index (κ3) is 7.68. The molecule has 0 aliphatic rings. The van der Waals surface area contributed by atoms with E-state index in [1.807, 2.05) is 50.5 Å². The summed E-state index contributed by atoms with van der Waals surface area (Å²) < 4.78 is 28.0. The van der Waals surface area contributed by atoms with E-state index >= 15 is 0 Å². The first-order valence-corrected chi connectivity index (χ1v) is 14.0. The van der Waals surface area contributed by atoms with Gasteiger partial charge in [0.15, 0.2) is 17.3 Å². The van der Waals surface area contributed by atoms with Crippen molar-refractivity contribution in [3.05, 3.63) is 129 Å². The minimum absolute atomic E-state index is 0.0949. The molecule has 0 aliphatic heterocycles. The van der Waals surface area contributed by atoms with Crippen molar-refractivity contribution in [1.82, 2.24) is 29.7 Å². The number of hydrogen-bond acceptors (Lipinski definition) is 7. The second-order valence-corrected chi connectivity index (χ2v) is 10.7. The van der Waals surface area contributed by atoms with Crippen molar-refractivity contribution in [1.29, 1.82) is 0 Å². The molecule has 0 aliphatic carbocycles. The summed E-state index contributed by atoms with van der Waals surface area (Å²) >= 11 is 6.03. The number of rotatable bonds is 10. The maximum absolute atomic E-state index is 13.6. The molecule has 1 amide bonds. The van der Waals surface area contributed by atoms with Crippen LogP contribution in [0, 0.1) is 11.6 Å². The predicted octanol–water partition coefficient (Wildman–Crippen LogP) is 5.41. The first-order valence-electron chi connectivity index (χ1n) is 13.6. The standard InChI is InChI=1S/C32H28ClF2N7O2/c1-41(2)17-21-5-9-24(10-6-21)38-32-37-16-23-14-20(8-12-27(23)39-32)4-3-13-36-30(43)29-31(44)42(19-28(33)40-29)18-22-7-11-25(34)26(35)15-22/h3-12,14-16,19H,13,17-18H2,1-2H3,(H,36,43)(H,37,38,39). The van der Waals surface area contributed by atoms with Crippen LogP contribution >= 0.6 is 11.6 Å². The number of hydrogen-bond donors (Lipinski definition) is 2. The Labute approximate surface area is 256 Å². The maximum atomic E-state index is 13.6. The molecule has 9 nitrogen and oxygen atoms in total. The molecular weight excluding hydrogens is 588 g/mol. The van der Waals surface area contributed by atoms with Crippen LogP contribution in [0.3, 0.4) is 0 Å². The molecule has 0 spiro atoms. The Bertz CT molecular complexity index is 1910. The topological polar surface area (TPSA) is 105 Å². The van der Waals surface area contributed by atoms with Gasteiger partial charge in [0.25, 0.3) is 11.5 Å². The fourth-order valence-corrected chi connectivity index (χ4v) is 4.64. The van der Waals surface area contributed by atoms with Crippen molar-refractivity contribution in [3.63, 3.8) is 0 Å². The van der Waals surface area contributed by atoms with E-state index in [1.165, 1.54) is 17.8 Å². The van der Waals surface area contributed by atoms with Crippen molar-refractivity contribution in [2.45, 2.75) is 13.1 Å². The van der Waals surface area contributed by atoms with Gasteiger partial charge in [-0.05, 0) is 67.2 Å². The first-order chi connectivity index (χ1) is 21.1. The quantitative estimate of drug-likeness (QED) is 0.216. The fourth-order valence-electron chi connectivity index (χ4n) is 4.44. The lowest BCUT2D eigenvalue weighted by Crippen LogP contribution is -2.34. The van der Waals surface area contributed by atoms with Crippen LogP contribution in [0.1, 0.15) is 27.2 Å². The summed E-state index contributed by atoms with van der Waals surface area (Å²) in [6.07, 6.45) is 6.50. The van der Waals surface area contributed by atoms with Gasteiger partial charge >= 0.3 is 0 Å². The average molecular weight is 616 g/mol. The summed E-state index contributed by atoms with van der Waals surface area (Å²) in [7, 11) is 4.05. The molecule has 0 fully saturated rings. The Kier molecular flexibility index (Phi) is 9.37. The summed E-state index contributed by atoms with van der Waals surface area (Å²) in [5, 5.41) is 6.59. The number of anilines is 2. The Hall–Kier alpha value is -5.00. The van der Waals surface area contributed by atoms with Gasteiger partial charge in [-0.1, -0.05) is 48.0 Å². The van der Waals surface area contributed by atoms with Crippen LogP contribution in [0.2, 0.25) is 5.15 Å². The molecule has 2 heterocycles. The van der Waals surface area contributed by atoms with Crippen LogP contribution < -0.4 is 16.2 Å². The second kappa shape index (κ2) is 13.5. The maximum Gasteiger partial charge on any atom is 0.282 e. The SMILES string of the molecule is CN(C)Cc1ccc(Nc2ncc3cc(C=CCNC(=O)c4nc(Cl)cn(Cc5ccc(F)c(F)c5)c4=O)ccc3n2)cc1. The third-order valence-electron chi connectivity index (χ3n) is 6.50. The van der Waals surface area contributed by atoms with E-state index in [2.05, 4.69) is 42.6 Å². The highest BCUT2D eigenvalue weighted by Gasteiger charge is 2.16. The van der Waals surface area contributed by atoms with Gasteiger partial charge in [0.05, 0.1) is 12.1 Å². The van der Waals surface area contributed by atoms with Crippen molar-refractivity contribution >= 4 is 46.1 Å². The van der Waals surface area contributed by atoms with Gasteiger partial charge in [-0.2, -0.15) is 0 Å². The van der Waals surface area contributed by atoms with Gasteiger partial charge in [-0.3, -0.25) is 9.59 Å². The molecular formula is C32H28ClF2N7O2. The lowest BCUT2D eigenvalue weighted by atomic mass is 10.1. The molecule has 0 radical (unpaired) electrons. The van der Waals surface area contributed by atoms with E-state index in [9.17, 15) is 18.4 Å². The zero-order valence-electron chi connectivity index (χ0n) is 23.9. The molecule has 0 saturated carbocycles. The highest BCUT2D eigenvalue weighted by molar-refractivity contribution is 6.29. The van der Waals surface area contributed by atoms with Gasteiger partial charge in [0.1, 0.15) is 5.15 Å². The Balaban J connectivity index is 1.20. The first kappa shape index (κ1) is 30.5.